The summed E-state index contributed by atoms with van der Waals surface area (Å²) in [6.45, 7) is 2.02. The second-order valence-corrected chi connectivity index (χ2v) is 6.87. The molecular weight excluding hydrogens is 364 g/mol. The summed E-state index contributed by atoms with van der Waals surface area (Å²) in [5.74, 6) is 1.09. The second-order valence-electron chi connectivity index (χ2n) is 6.87. The zero-order valence-corrected chi connectivity index (χ0v) is 16.2. The molecule has 0 atom stereocenters. The van der Waals surface area contributed by atoms with Crippen molar-refractivity contribution in [1.82, 2.24) is 4.57 Å². The van der Waals surface area contributed by atoms with Crippen LogP contribution in [-0.4, -0.2) is 10.5 Å². The molecule has 3 aromatic carbocycles. The number of pyridine rings is 1. The predicted octanol–water partition coefficient (Wildman–Crippen LogP) is 4.89. The number of rotatable bonds is 4. The number of ether oxygens (including phenoxy) is 1. The van der Waals surface area contributed by atoms with Gasteiger partial charge in [-0.1, -0.05) is 35.9 Å². The molecule has 5 nitrogen and oxygen atoms in total. The van der Waals surface area contributed by atoms with E-state index in [-0.39, 0.29) is 11.5 Å². The number of aryl methyl sites for hydroxylation is 2. The number of carbonyl (C=O) groups excluding carboxylic acids is 1. The summed E-state index contributed by atoms with van der Waals surface area (Å²) in [5, 5.41) is 3.58. The molecule has 5 heteroatoms. The Balaban J connectivity index is 1.55. The standard InChI is InChI=1S/C24H20N2O3/c1-16-7-11-18(12-8-16)29-19-13-9-17(10-14-19)25-24(28)21-15-23(27)26(2)22-6-4-3-5-20(21)22/h3-15H,1-2H3,(H,25,28). The van der Waals surface area contributed by atoms with E-state index in [1.54, 1.807) is 31.3 Å². The van der Waals surface area contributed by atoms with Gasteiger partial charge >= 0.3 is 0 Å². The highest BCUT2D eigenvalue weighted by Crippen LogP contribution is 2.24. The molecule has 0 aliphatic rings. The molecule has 0 saturated heterocycles. The van der Waals surface area contributed by atoms with Crippen molar-refractivity contribution in [2.45, 2.75) is 6.92 Å². The van der Waals surface area contributed by atoms with E-state index in [4.69, 9.17) is 4.74 Å². The van der Waals surface area contributed by atoms with Crippen LogP contribution in [0.4, 0.5) is 5.69 Å². The summed E-state index contributed by atoms with van der Waals surface area (Å²) in [7, 11) is 1.69. The minimum absolute atomic E-state index is 0.226. The molecule has 1 amide bonds. The number of nitrogens with one attached hydrogen (secondary N) is 1. The summed E-state index contributed by atoms with van der Waals surface area (Å²) in [4.78, 5) is 25.0. The van der Waals surface area contributed by atoms with Crippen LogP contribution >= 0.6 is 0 Å². The maximum atomic E-state index is 12.8. The number of aromatic nitrogens is 1. The third-order valence-corrected chi connectivity index (χ3v) is 4.77. The maximum absolute atomic E-state index is 12.8. The van der Waals surface area contributed by atoms with Crippen LogP contribution in [0.5, 0.6) is 11.5 Å². The SMILES string of the molecule is Cc1ccc(Oc2ccc(NC(=O)c3cc(=O)n(C)c4ccccc34)cc2)cc1. The fraction of sp³-hybridized carbons (Fsp3) is 0.0833. The summed E-state index contributed by atoms with van der Waals surface area (Å²) in [6, 6.07) is 23.6. The van der Waals surface area contributed by atoms with Crippen LogP contribution in [0, 0.1) is 6.92 Å². The second kappa shape index (κ2) is 7.64. The van der Waals surface area contributed by atoms with Crippen LogP contribution in [0.1, 0.15) is 15.9 Å². The number of carbonyl (C=O) groups is 1. The smallest absolute Gasteiger partial charge is 0.256 e. The number of hydrogen-bond acceptors (Lipinski definition) is 3. The van der Waals surface area contributed by atoms with E-state index in [1.165, 1.54) is 16.2 Å². The van der Waals surface area contributed by atoms with Gasteiger partial charge in [0.15, 0.2) is 0 Å². The molecule has 1 N–H and O–H groups in total. The zero-order valence-electron chi connectivity index (χ0n) is 16.2. The molecule has 0 saturated carbocycles. The van der Waals surface area contributed by atoms with Crippen molar-refractivity contribution in [3.8, 4) is 11.5 Å². The Morgan fingerprint density at radius 1 is 0.897 bits per heavy atom. The molecule has 0 bridgehead atoms. The molecule has 0 aliphatic carbocycles. The number of anilines is 1. The van der Waals surface area contributed by atoms with E-state index in [0.29, 0.717) is 22.5 Å². The third kappa shape index (κ3) is 3.89. The van der Waals surface area contributed by atoms with Gasteiger partial charge in [-0.05, 0) is 49.4 Å². The summed E-state index contributed by atoms with van der Waals surface area (Å²) < 4.78 is 7.34. The summed E-state index contributed by atoms with van der Waals surface area (Å²) in [5.41, 5.74) is 2.63. The minimum atomic E-state index is -0.328. The van der Waals surface area contributed by atoms with E-state index in [9.17, 15) is 9.59 Å². The van der Waals surface area contributed by atoms with Gasteiger partial charge < -0.3 is 14.6 Å². The van der Waals surface area contributed by atoms with Crippen LogP contribution in [0.2, 0.25) is 0 Å². The Morgan fingerprint density at radius 2 is 1.52 bits per heavy atom. The molecule has 29 heavy (non-hydrogen) atoms. The molecule has 0 radical (unpaired) electrons. The van der Waals surface area contributed by atoms with E-state index >= 15 is 0 Å². The van der Waals surface area contributed by atoms with Gasteiger partial charge in [0.05, 0.1) is 11.1 Å². The monoisotopic (exact) mass is 384 g/mol. The fourth-order valence-corrected chi connectivity index (χ4v) is 3.15. The number of fused-ring (bicyclic) bond motifs is 1. The molecular formula is C24H20N2O3. The van der Waals surface area contributed by atoms with Crippen molar-refractivity contribution in [3.63, 3.8) is 0 Å². The van der Waals surface area contributed by atoms with E-state index in [0.717, 1.165) is 11.1 Å². The molecule has 4 rings (SSSR count). The van der Waals surface area contributed by atoms with Gasteiger partial charge in [-0.3, -0.25) is 9.59 Å². The quantitative estimate of drug-likeness (QED) is 0.545. The Kier molecular flexibility index (Phi) is 4.87. The largest absolute Gasteiger partial charge is 0.457 e. The highest BCUT2D eigenvalue weighted by molar-refractivity contribution is 6.12. The van der Waals surface area contributed by atoms with Crippen LogP contribution < -0.4 is 15.6 Å². The van der Waals surface area contributed by atoms with E-state index < -0.39 is 0 Å². The molecule has 0 spiro atoms. The van der Waals surface area contributed by atoms with Crippen LogP contribution in [0.3, 0.4) is 0 Å². The Hall–Kier alpha value is -3.86. The van der Waals surface area contributed by atoms with E-state index in [2.05, 4.69) is 5.32 Å². The average Bonchev–Trinajstić information content (AvgIpc) is 2.74. The van der Waals surface area contributed by atoms with Gasteiger partial charge in [0.1, 0.15) is 11.5 Å². The number of amides is 1. The number of nitrogens with zero attached hydrogens (tertiary/aromatic N) is 1. The van der Waals surface area contributed by atoms with Crippen molar-refractivity contribution in [2.75, 3.05) is 5.32 Å². The minimum Gasteiger partial charge on any atom is -0.457 e. The van der Waals surface area contributed by atoms with Crippen molar-refractivity contribution in [3.05, 3.63) is 100 Å². The lowest BCUT2D eigenvalue weighted by Crippen LogP contribution is -2.21. The van der Waals surface area contributed by atoms with Gasteiger partial charge in [0.2, 0.25) is 0 Å². The molecule has 1 aromatic heterocycles. The first-order chi connectivity index (χ1) is 14.0. The van der Waals surface area contributed by atoms with Gasteiger partial charge in [0, 0.05) is 24.2 Å². The zero-order chi connectivity index (χ0) is 20.4. The van der Waals surface area contributed by atoms with Crippen molar-refractivity contribution >= 4 is 22.5 Å². The van der Waals surface area contributed by atoms with Gasteiger partial charge in [-0.15, -0.1) is 0 Å². The van der Waals surface area contributed by atoms with Gasteiger partial charge in [-0.25, -0.2) is 0 Å². The molecule has 4 aromatic rings. The van der Waals surface area contributed by atoms with Crippen LogP contribution in [-0.2, 0) is 7.05 Å². The number of hydrogen-bond donors (Lipinski definition) is 1. The normalized spacial score (nSPS) is 10.7. The Morgan fingerprint density at radius 3 is 2.21 bits per heavy atom. The van der Waals surface area contributed by atoms with Crippen molar-refractivity contribution < 1.29 is 9.53 Å². The predicted molar refractivity (Wildman–Crippen MR) is 115 cm³/mol. The Bertz CT molecular complexity index is 1240. The first-order valence-corrected chi connectivity index (χ1v) is 9.26. The number of benzene rings is 3. The lowest BCUT2D eigenvalue weighted by Gasteiger charge is -2.11. The summed E-state index contributed by atoms with van der Waals surface area (Å²) >= 11 is 0. The van der Waals surface area contributed by atoms with Gasteiger partial charge in [0.25, 0.3) is 11.5 Å². The molecule has 144 valence electrons. The molecule has 0 fully saturated rings. The lowest BCUT2D eigenvalue weighted by molar-refractivity contribution is 0.102. The highest BCUT2D eigenvalue weighted by Gasteiger charge is 2.13. The lowest BCUT2D eigenvalue weighted by atomic mass is 10.1. The number of para-hydroxylation sites is 1. The molecule has 1 heterocycles. The maximum Gasteiger partial charge on any atom is 0.256 e. The van der Waals surface area contributed by atoms with Gasteiger partial charge in [-0.2, -0.15) is 0 Å². The summed E-state index contributed by atoms with van der Waals surface area (Å²) in [6.07, 6.45) is 0. The first kappa shape index (κ1) is 18.5. The van der Waals surface area contributed by atoms with Crippen LogP contribution in [0.15, 0.2) is 83.7 Å². The van der Waals surface area contributed by atoms with Crippen LogP contribution in [0.25, 0.3) is 10.9 Å². The topological polar surface area (TPSA) is 60.3 Å². The average molecular weight is 384 g/mol. The molecule has 0 unspecified atom stereocenters. The van der Waals surface area contributed by atoms with E-state index in [1.807, 2.05) is 55.5 Å². The molecule has 0 aliphatic heterocycles. The highest BCUT2D eigenvalue weighted by atomic mass is 16.5. The van der Waals surface area contributed by atoms with Crippen molar-refractivity contribution in [1.29, 1.82) is 0 Å². The first-order valence-electron chi connectivity index (χ1n) is 9.26. The van der Waals surface area contributed by atoms with Crippen molar-refractivity contribution in [2.24, 2.45) is 7.05 Å². The Labute approximate surface area is 168 Å². The fourth-order valence-electron chi connectivity index (χ4n) is 3.15. The third-order valence-electron chi connectivity index (χ3n) is 4.77.